The topological polar surface area (TPSA) is 32.7 Å². The van der Waals surface area contributed by atoms with Gasteiger partial charge in [-0.25, -0.2) is 0 Å². The molecule has 1 aromatic rings. The SMILES string of the molecule is C[C@@H](O)c1cc(Br)ccc1OCCCN1CCCC1. The van der Waals surface area contributed by atoms with E-state index in [0.29, 0.717) is 6.61 Å². The third-order valence-corrected chi connectivity index (χ3v) is 3.99. The van der Waals surface area contributed by atoms with Crippen LogP contribution < -0.4 is 4.74 Å². The van der Waals surface area contributed by atoms with Crippen molar-refractivity contribution in [3.63, 3.8) is 0 Å². The highest BCUT2D eigenvalue weighted by molar-refractivity contribution is 9.10. The molecular formula is C15H22BrNO2. The van der Waals surface area contributed by atoms with E-state index in [1.54, 1.807) is 6.92 Å². The molecule has 0 radical (unpaired) electrons. The fourth-order valence-corrected chi connectivity index (χ4v) is 2.83. The lowest BCUT2D eigenvalue weighted by Gasteiger charge is -2.16. The summed E-state index contributed by atoms with van der Waals surface area (Å²) in [6, 6.07) is 5.78. The fourth-order valence-electron chi connectivity index (χ4n) is 2.45. The van der Waals surface area contributed by atoms with Crippen LogP contribution in [0.4, 0.5) is 0 Å². The highest BCUT2D eigenvalue weighted by Gasteiger charge is 2.12. The second-order valence-corrected chi connectivity index (χ2v) is 6.02. The number of ether oxygens (including phenoxy) is 1. The first-order valence-corrected chi connectivity index (χ1v) is 7.79. The smallest absolute Gasteiger partial charge is 0.125 e. The average molecular weight is 328 g/mol. The zero-order chi connectivity index (χ0) is 13.7. The number of rotatable bonds is 6. The van der Waals surface area contributed by atoms with Crippen molar-refractivity contribution in [3.05, 3.63) is 28.2 Å². The van der Waals surface area contributed by atoms with Gasteiger partial charge in [0.15, 0.2) is 0 Å². The second-order valence-electron chi connectivity index (χ2n) is 5.11. The Kier molecular flexibility index (Phi) is 5.67. The van der Waals surface area contributed by atoms with Gasteiger partial charge in [-0.05, 0) is 57.5 Å². The van der Waals surface area contributed by atoms with Crippen LogP contribution in [-0.2, 0) is 0 Å². The summed E-state index contributed by atoms with van der Waals surface area (Å²) < 4.78 is 6.77. The van der Waals surface area contributed by atoms with Gasteiger partial charge in [-0.2, -0.15) is 0 Å². The van der Waals surface area contributed by atoms with Crippen LogP contribution in [0.2, 0.25) is 0 Å². The molecule has 1 aromatic carbocycles. The van der Waals surface area contributed by atoms with Gasteiger partial charge in [0.2, 0.25) is 0 Å². The third-order valence-electron chi connectivity index (χ3n) is 3.50. The molecule has 106 valence electrons. The summed E-state index contributed by atoms with van der Waals surface area (Å²) in [7, 11) is 0. The van der Waals surface area contributed by atoms with Crippen LogP contribution in [0, 0.1) is 0 Å². The van der Waals surface area contributed by atoms with E-state index in [0.717, 1.165) is 28.8 Å². The van der Waals surface area contributed by atoms with Gasteiger partial charge in [-0.1, -0.05) is 15.9 Å². The van der Waals surface area contributed by atoms with E-state index in [4.69, 9.17) is 4.74 Å². The predicted molar refractivity (Wildman–Crippen MR) is 80.6 cm³/mol. The van der Waals surface area contributed by atoms with E-state index in [1.807, 2.05) is 18.2 Å². The summed E-state index contributed by atoms with van der Waals surface area (Å²) in [6.07, 6.45) is 3.19. The number of hydrogen-bond acceptors (Lipinski definition) is 3. The van der Waals surface area contributed by atoms with Crippen molar-refractivity contribution < 1.29 is 9.84 Å². The monoisotopic (exact) mass is 327 g/mol. The minimum atomic E-state index is -0.508. The predicted octanol–water partition coefficient (Wildman–Crippen LogP) is 3.37. The normalized spacial score (nSPS) is 17.6. The molecule has 1 atom stereocenters. The van der Waals surface area contributed by atoms with Gasteiger partial charge in [0.1, 0.15) is 5.75 Å². The van der Waals surface area contributed by atoms with Crippen LogP contribution in [-0.4, -0.2) is 36.2 Å². The van der Waals surface area contributed by atoms with Crippen molar-refractivity contribution in [2.75, 3.05) is 26.2 Å². The van der Waals surface area contributed by atoms with E-state index >= 15 is 0 Å². The molecule has 1 saturated heterocycles. The second kappa shape index (κ2) is 7.27. The van der Waals surface area contributed by atoms with Gasteiger partial charge in [0.05, 0.1) is 12.7 Å². The zero-order valence-electron chi connectivity index (χ0n) is 11.4. The standard InChI is InChI=1S/C15H22BrNO2/c1-12(18)14-11-13(16)5-6-15(14)19-10-4-9-17-7-2-3-8-17/h5-6,11-12,18H,2-4,7-10H2,1H3/t12-/m1/s1. The van der Waals surface area contributed by atoms with E-state index in [2.05, 4.69) is 20.8 Å². The maximum atomic E-state index is 9.75. The van der Waals surface area contributed by atoms with Gasteiger partial charge in [0.25, 0.3) is 0 Å². The minimum Gasteiger partial charge on any atom is -0.493 e. The molecule has 0 saturated carbocycles. The molecule has 1 N–H and O–H groups in total. The number of nitrogens with zero attached hydrogens (tertiary/aromatic N) is 1. The van der Waals surface area contributed by atoms with Crippen LogP contribution in [0.25, 0.3) is 0 Å². The summed E-state index contributed by atoms with van der Waals surface area (Å²) in [5.74, 6) is 0.791. The highest BCUT2D eigenvalue weighted by atomic mass is 79.9. The average Bonchev–Trinajstić information content (AvgIpc) is 2.89. The molecule has 0 unspecified atom stereocenters. The lowest BCUT2D eigenvalue weighted by Crippen LogP contribution is -2.22. The molecule has 0 bridgehead atoms. The molecule has 2 rings (SSSR count). The molecular weight excluding hydrogens is 306 g/mol. The van der Waals surface area contributed by atoms with E-state index < -0.39 is 6.10 Å². The largest absolute Gasteiger partial charge is 0.493 e. The number of likely N-dealkylation sites (tertiary alicyclic amines) is 1. The molecule has 0 aliphatic carbocycles. The maximum Gasteiger partial charge on any atom is 0.125 e. The number of aliphatic hydroxyl groups is 1. The highest BCUT2D eigenvalue weighted by Crippen LogP contribution is 2.28. The zero-order valence-corrected chi connectivity index (χ0v) is 13.0. The summed E-state index contributed by atoms with van der Waals surface area (Å²) in [5, 5.41) is 9.75. The molecule has 3 nitrogen and oxygen atoms in total. The van der Waals surface area contributed by atoms with Crippen LogP contribution in [0.15, 0.2) is 22.7 Å². The first-order chi connectivity index (χ1) is 9.16. The van der Waals surface area contributed by atoms with Crippen molar-refractivity contribution in [2.45, 2.75) is 32.3 Å². The Labute approximate surface area is 123 Å². The quantitative estimate of drug-likeness (QED) is 0.813. The maximum absolute atomic E-state index is 9.75. The van der Waals surface area contributed by atoms with Crippen LogP contribution >= 0.6 is 15.9 Å². The number of aliphatic hydroxyl groups excluding tert-OH is 1. The number of halogens is 1. The fraction of sp³-hybridized carbons (Fsp3) is 0.600. The van der Waals surface area contributed by atoms with Gasteiger partial charge < -0.3 is 14.7 Å². The minimum absolute atomic E-state index is 0.508. The lowest BCUT2D eigenvalue weighted by atomic mass is 10.1. The molecule has 1 aliphatic heterocycles. The van der Waals surface area contributed by atoms with Gasteiger partial charge in [-0.15, -0.1) is 0 Å². The molecule has 0 amide bonds. The Morgan fingerprint density at radius 3 is 2.79 bits per heavy atom. The number of benzene rings is 1. The Balaban J connectivity index is 1.81. The van der Waals surface area contributed by atoms with Crippen molar-refractivity contribution in [1.29, 1.82) is 0 Å². The number of hydrogen-bond donors (Lipinski definition) is 1. The molecule has 1 heterocycles. The van der Waals surface area contributed by atoms with Crippen molar-refractivity contribution in [3.8, 4) is 5.75 Å². The Hall–Kier alpha value is -0.580. The van der Waals surface area contributed by atoms with Crippen LogP contribution in [0.3, 0.4) is 0 Å². The molecule has 1 aliphatic rings. The Morgan fingerprint density at radius 1 is 1.37 bits per heavy atom. The van der Waals surface area contributed by atoms with Gasteiger partial charge >= 0.3 is 0 Å². The van der Waals surface area contributed by atoms with E-state index in [-0.39, 0.29) is 0 Å². The van der Waals surface area contributed by atoms with Crippen LogP contribution in [0.5, 0.6) is 5.75 Å². The van der Waals surface area contributed by atoms with Gasteiger partial charge in [-0.3, -0.25) is 0 Å². The van der Waals surface area contributed by atoms with Crippen LogP contribution in [0.1, 0.15) is 37.9 Å². The molecule has 0 spiro atoms. The first-order valence-electron chi connectivity index (χ1n) is 6.99. The lowest BCUT2D eigenvalue weighted by molar-refractivity contribution is 0.189. The Bertz CT molecular complexity index is 403. The molecule has 1 fully saturated rings. The summed E-state index contributed by atoms with van der Waals surface area (Å²) in [6.45, 7) is 6.05. The van der Waals surface area contributed by atoms with Crippen molar-refractivity contribution in [2.24, 2.45) is 0 Å². The van der Waals surface area contributed by atoms with Crippen molar-refractivity contribution in [1.82, 2.24) is 4.90 Å². The molecule has 0 aromatic heterocycles. The Morgan fingerprint density at radius 2 is 2.11 bits per heavy atom. The van der Waals surface area contributed by atoms with Gasteiger partial charge in [0, 0.05) is 16.6 Å². The summed E-state index contributed by atoms with van der Waals surface area (Å²) in [5.41, 5.74) is 0.843. The summed E-state index contributed by atoms with van der Waals surface area (Å²) in [4.78, 5) is 2.49. The summed E-state index contributed by atoms with van der Waals surface area (Å²) >= 11 is 3.42. The van der Waals surface area contributed by atoms with E-state index in [1.165, 1.54) is 25.9 Å². The van der Waals surface area contributed by atoms with Crippen molar-refractivity contribution >= 4 is 15.9 Å². The molecule has 19 heavy (non-hydrogen) atoms. The molecule has 4 heteroatoms. The third kappa shape index (κ3) is 4.48. The first kappa shape index (κ1) is 14.8. The van der Waals surface area contributed by atoms with E-state index in [9.17, 15) is 5.11 Å².